The van der Waals surface area contributed by atoms with Gasteiger partial charge >= 0.3 is 6.09 Å². The first-order valence-corrected chi connectivity index (χ1v) is 10.0. The van der Waals surface area contributed by atoms with Crippen LogP contribution in [-0.2, 0) is 19.4 Å². The molecule has 0 aromatic carbocycles. The Kier molecular flexibility index (Phi) is 6.10. The van der Waals surface area contributed by atoms with Crippen LogP contribution < -0.4 is 10.6 Å². The Labute approximate surface area is 144 Å². The van der Waals surface area contributed by atoms with Crippen LogP contribution in [-0.4, -0.2) is 48.5 Å². The zero-order chi connectivity index (χ0) is 17.7. The number of carbonyl (C=O) groups is 2. The summed E-state index contributed by atoms with van der Waals surface area (Å²) in [5, 5.41) is 10.9. The molecular weight excluding hydrogens is 356 g/mol. The quantitative estimate of drug-likeness (QED) is 0.717. The Hall–Kier alpha value is -1.75. The van der Waals surface area contributed by atoms with Crippen LogP contribution in [0.5, 0.6) is 0 Å². The van der Waals surface area contributed by atoms with Crippen molar-refractivity contribution < 1.29 is 22.7 Å². The Morgan fingerprint density at radius 3 is 2.62 bits per heavy atom. The predicted molar refractivity (Wildman–Crippen MR) is 87.6 cm³/mol. The number of hydrogen-bond acceptors (Lipinski definition) is 8. The van der Waals surface area contributed by atoms with E-state index in [0.717, 1.165) is 25.7 Å². The average Bonchev–Trinajstić information content (AvgIpc) is 3.18. The number of sulfone groups is 1. The molecular formula is C13H20N4O5S2. The maximum absolute atomic E-state index is 12.5. The van der Waals surface area contributed by atoms with Gasteiger partial charge in [0.05, 0.1) is 6.61 Å². The van der Waals surface area contributed by atoms with Crippen LogP contribution in [0.15, 0.2) is 4.34 Å². The Morgan fingerprint density at radius 2 is 2.00 bits per heavy atom. The second-order valence-electron chi connectivity index (χ2n) is 5.40. The molecule has 1 saturated carbocycles. The molecule has 0 unspecified atom stereocenters. The van der Waals surface area contributed by atoms with Crippen molar-refractivity contribution >= 4 is 38.3 Å². The molecule has 1 aromatic heterocycles. The molecule has 0 saturated heterocycles. The molecule has 134 valence electrons. The molecule has 1 fully saturated rings. The molecule has 9 nitrogen and oxygen atoms in total. The van der Waals surface area contributed by atoms with Crippen LogP contribution >= 0.6 is 11.3 Å². The van der Waals surface area contributed by atoms with Gasteiger partial charge in [0, 0.05) is 6.04 Å². The van der Waals surface area contributed by atoms with Gasteiger partial charge in [-0.05, 0) is 26.7 Å². The third kappa shape index (κ3) is 4.41. The van der Waals surface area contributed by atoms with Gasteiger partial charge in [0.2, 0.25) is 25.2 Å². The van der Waals surface area contributed by atoms with Gasteiger partial charge in [-0.2, -0.15) is 0 Å². The summed E-state index contributed by atoms with van der Waals surface area (Å²) >= 11 is 0.680. The second kappa shape index (κ2) is 7.88. The van der Waals surface area contributed by atoms with Crippen LogP contribution in [0.4, 0.5) is 9.93 Å². The van der Waals surface area contributed by atoms with Crippen molar-refractivity contribution in [3.8, 4) is 0 Å². The monoisotopic (exact) mass is 376 g/mol. The summed E-state index contributed by atoms with van der Waals surface area (Å²) in [6, 6.07) is 0.0330. The zero-order valence-electron chi connectivity index (χ0n) is 13.4. The van der Waals surface area contributed by atoms with Crippen molar-refractivity contribution in [2.75, 3.05) is 11.9 Å². The summed E-state index contributed by atoms with van der Waals surface area (Å²) in [4.78, 5) is 23.5. The third-order valence-corrected chi connectivity index (χ3v) is 6.96. The molecule has 1 heterocycles. The lowest BCUT2D eigenvalue weighted by Crippen LogP contribution is -2.42. The molecule has 2 N–H and O–H groups in total. The molecule has 1 atom stereocenters. The number of anilines is 1. The fourth-order valence-electron chi connectivity index (χ4n) is 2.31. The van der Waals surface area contributed by atoms with Crippen molar-refractivity contribution in [1.29, 1.82) is 0 Å². The summed E-state index contributed by atoms with van der Waals surface area (Å²) < 4.78 is 29.3. The molecule has 2 amide bonds. The van der Waals surface area contributed by atoms with Crippen LogP contribution in [0.2, 0.25) is 0 Å². The van der Waals surface area contributed by atoms with Crippen molar-refractivity contribution in [1.82, 2.24) is 15.5 Å². The number of amides is 2. The normalized spacial score (nSPS) is 16.6. The average molecular weight is 376 g/mol. The number of carbonyl (C=O) groups excluding carboxylic acids is 2. The molecule has 1 aromatic rings. The van der Waals surface area contributed by atoms with Crippen molar-refractivity contribution in [3.05, 3.63) is 0 Å². The maximum atomic E-state index is 12.5. The van der Waals surface area contributed by atoms with Crippen LogP contribution in [0.25, 0.3) is 0 Å². The van der Waals surface area contributed by atoms with Gasteiger partial charge in [-0.25, -0.2) is 13.2 Å². The highest BCUT2D eigenvalue weighted by atomic mass is 32.2. The fraction of sp³-hybridized carbons (Fsp3) is 0.692. The molecule has 0 radical (unpaired) electrons. The van der Waals surface area contributed by atoms with Gasteiger partial charge < -0.3 is 10.1 Å². The Balaban J connectivity index is 2.04. The summed E-state index contributed by atoms with van der Waals surface area (Å²) in [5.74, 6) is -0.544. The van der Waals surface area contributed by atoms with E-state index in [9.17, 15) is 18.0 Å². The zero-order valence-corrected chi connectivity index (χ0v) is 15.1. The molecule has 0 spiro atoms. The summed E-state index contributed by atoms with van der Waals surface area (Å²) in [7, 11) is -3.97. The minimum Gasteiger partial charge on any atom is -0.450 e. The van der Waals surface area contributed by atoms with Crippen LogP contribution in [0, 0.1) is 0 Å². The SMILES string of the molecule is CCOC(=O)Nc1nnc(S(=O)(=O)[C@@H](C)C(=O)NC2CCCC2)s1. The lowest BCUT2D eigenvalue weighted by Gasteiger charge is -2.15. The summed E-state index contributed by atoms with van der Waals surface area (Å²) in [5.41, 5.74) is 0. The third-order valence-electron chi connectivity index (χ3n) is 3.67. The fourth-order valence-corrected chi connectivity index (χ4v) is 4.72. The lowest BCUT2D eigenvalue weighted by molar-refractivity contribution is -0.121. The molecule has 2 rings (SSSR count). The number of nitrogens with zero attached hydrogens (tertiary/aromatic N) is 2. The number of rotatable bonds is 6. The van der Waals surface area contributed by atoms with Crippen LogP contribution in [0.3, 0.4) is 0 Å². The first-order valence-electron chi connectivity index (χ1n) is 7.66. The predicted octanol–water partition coefficient (Wildman–Crippen LogP) is 1.33. The van der Waals surface area contributed by atoms with Crippen molar-refractivity contribution in [2.24, 2.45) is 0 Å². The highest BCUT2D eigenvalue weighted by molar-refractivity contribution is 7.94. The van der Waals surface area contributed by atoms with E-state index in [1.165, 1.54) is 6.92 Å². The largest absolute Gasteiger partial charge is 0.450 e. The standard InChI is InChI=1S/C13H20N4O5S2/c1-3-22-12(19)15-11-16-17-13(23-11)24(20,21)8(2)10(18)14-9-6-4-5-7-9/h8-9H,3-7H2,1-2H3,(H,14,18)(H,15,16,19)/t8-/m0/s1. The van der Waals surface area contributed by atoms with Gasteiger partial charge in [-0.1, -0.05) is 24.2 Å². The van der Waals surface area contributed by atoms with E-state index in [4.69, 9.17) is 0 Å². The molecule has 1 aliphatic carbocycles. The summed E-state index contributed by atoms with van der Waals surface area (Å²) in [6.45, 7) is 3.13. The highest BCUT2D eigenvalue weighted by Gasteiger charge is 2.34. The number of nitrogens with one attached hydrogen (secondary N) is 2. The smallest absolute Gasteiger partial charge is 0.413 e. The molecule has 24 heavy (non-hydrogen) atoms. The molecule has 1 aliphatic rings. The highest BCUT2D eigenvalue weighted by Crippen LogP contribution is 2.24. The van der Waals surface area contributed by atoms with Gasteiger partial charge in [0.15, 0.2) is 0 Å². The van der Waals surface area contributed by atoms with Gasteiger partial charge in [0.25, 0.3) is 0 Å². The minimum atomic E-state index is -3.97. The first-order chi connectivity index (χ1) is 11.3. The molecule has 0 bridgehead atoms. The van der Waals surface area contributed by atoms with Gasteiger partial charge in [-0.3, -0.25) is 10.1 Å². The topological polar surface area (TPSA) is 127 Å². The Morgan fingerprint density at radius 1 is 1.33 bits per heavy atom. The first kappa shape index (κ1) is 18.6. The number of ether oxygens (including phenoxy) is 1. The van der Waals surface area contributed by atoms with Gasteiger partial charge in [-0.15, -0.1) is 10.2 Å². The second-order valence-corrected chi connectivity index (χ2v) is 8.82. The lowest BCUT2D eigenvalue weighted by atomic mass is 10.2. The van der Waals surface area contributed by atoms with E-state index in [1.807, 2.05) is 0 Å². The van der Waals surface area contributed by atoms with Crippen LogP contribution in [0.1, 0.15) is 39.5 Å². The number of aromatic nitrogens is 2. The van der Waals surface area contributed by atoms with Crippen molar-refractivity contribution in [3.63, 3.8) is 0 Å². The van der Waals surface area contributed by atoms with E-state index in [2.05, 4.69) is 25.6 Å². The summed E-state index contributed by atoms with van der Waals surface area (Å²) in [6.07, 6.45) is 3.05. The van der Waals surface area contributed by atoms with Gasteiger partial charge in [0.1, 0.15) is 5.25 Å². The Bertz CT molecular complexity index is 697. The molecule has 11 heteroatoms. The van der Waals surface area contributed by atoms with E-state index in [-0.39, 0.29) is 22.1 Å². The minimum absolute atomic E-state index is 0.00424. The maximum Gasteiger partial charge on any atom is 0.413 e. The number of hydrogen-bond donors (Lipinski definition) is 2. The van der Waals surface area contributed by atoms with Crippen molar-refractivity contribution in [2.45, 2.75) is 55.2 Å². The van der Waals surface area contributed by atoms with E-state index in [0.29, 0.717) is 11.3 Å². The van der Waals surface area contributed by atoms with E-state index in [1.54, 1.807) is 6.92 Å². The van der Waals surface area contributed by atoms with E-state index >= 15 is 0 Å². The molecule has 0 aliphatic heterocycles. The van der Waals surface area contributed by atoms with E-state index < -0.39 is 27.1 Å².